The molecule has 2 rings (SSSR count). The first-order valence-corrected chi connectivity index (χ1v) is 7.57. The van der Waals surface area contributed by atoms with Gasteiger partial charge in [-0.15, -0.1) is 0 Å². The van der Waals surface area contributed by atoms with Crippen LogP contribution in [0.2, 0.25) is 0 Å². The standard InChI is InChI=1S/C17H27N/c1-3-4-7-16(13-18-17-9-10-17)12-15-8-5-6-14(2)11-15/h5-6,8,11,16-18H,3-4,7,9-10,12-13H2,1-2H3. The van der Waals surface area contributed by atoms with Crippen molar-refractivity contribution in [2.45, 2.75) is 58.4 Å². The zero-order valence-electron chi connectivity index (χ0n) is 11.9. The molecular formula is C17H27N. The summed E-state index contributed by atoms with van der Waals surface area (Å²) in [4.78, 5) is 0. The van der Waals surface area contributed by atoms with Gasteiger partial charge in [0, 0.05) is 6.04 Å². The molecule has 1 aromatic carbocycles. The summed E-state index contributed by atoms with van der Waals surface area (Å²) in [5.41, 5.74) is 2.89. The largest absolute Gasteiger partial charge is 0.314 e. The van der Waals surface area contributed by atoms with Crippen LogP contribution in [0.3, 0.4) is 0 Å². The van der Waals surface area contributed by atoms with Gasteiger partial charge in [-0.05, 0) is 50.6 Å². The summed E-state index contributed by atoms with van der Waals surface area (Å²) in [5, 5.41) is 3.70. The Balaban J connectivity index is 1.85. The summed E-state index contributed by atoms with van der Waals surface area (Å²) in [6, 6.07) is 9.84. The van der Waals surface area contributed by atoms with E-state index in [0.29, 0.717) is 0 Å². The van der Waals surface area contributed by atoms with Crippen molar-refractivity contribution in [2.24, 2.45) is 5.92 Å². The van der Waals surface area contributed by atoms with Crippen LogP contribution >= 0.6 is 0 Å². The zero-order chi connectivity index (χ0) is 12.8. The molecule has 1 unspecified atom stereocenters. The molecule has 0 aromatic heterocycles. The van der Waals surface area contributed by atoms with Crippen molar-refractivity contribution in [1.29, 1.82) is 0 Å². The van der Waals surface area contributed by atoms with Crippen molar-refractivity contribution < 1.29 is 0 Å². The molecular weight excluding hydrogens is 218 g/mol. The summed E-state index contributed by atoms with van der Waals surface area (Å²) < 4.78 is 0. The fourth-order valence-corrected chi connectivity index (χ4v) is 2.56. The van der Waals surface area contributed by atoms with Crippen molar-refractivity contribution in [3.05, 3.63) is 35.4 Å². The highest BCUT2D eigenvalue weighted by molar-refractivity contribution is 5.22. The van der Waals surface area contributed by atoms with E-state index in [2.05, 4.69) is 43.4 Å². The Morgan fingerprint density at radius 1 is 1.33 bits per heavy atom. The van der Waals surface area contributed by atoms with Crippen molar-refractivity contribution in [1.82, 2.24) is 5.32 Å². The third-order valence-corrected chi connectivity index (χ3v) is 3.85. The van der Waals surface area contributed by atoms with Crippen molar-refractivity contribution in [2.75, 3.05) is 6.54 Å². The second-order valence-corrected chi connectivity index (χ2v) is 5.88. The molecule has 0 amide bonds. The van der Waals surface area contributed by atoms with E-state index in [1.807, 2.05) is 0 Å². The first-order valence-electron chi connectivity index (χ1n) is 7.57. The average molecular weight is 245 g/mol. The zero-order valence-corrected chi connectivity index (χ0v) is 11.9. The maximum atomic E-state index is 3.70. The highest BCUT2D eigenvalue weighted by Gasteiger charge is 2.21. The van der Waals surface area contributed by atoms with Gasteiger partial charge in [0.2, 0.25) is 0 Å². The SMILES string of the molecule is CCCCC(CNC1CC1)Cc1cccc(C)c1. The van der Waals surface area contributed by atoms with E-state index in [1.54, 1.807) is 0 Å². The van der Waals surface area contributed by atoms with E-state index in [0.717, 1.165) is 12.0 Å². The number of aryl methyl sites for hydroxylation is 1. The molecule has 1 nitrogen and oxygen atoms in total. The molecule has 1 aliphatic carbocycles. The smallest absolute Gasteiger partial charge is 0.00683 e. The predicted molar refractivity (Wildman–Crippen MR) is 78.9 cm³/mol. The molecule has 0 radical (unpaired) electrons. The quantitative estimate of drug-likeness (QED) is 0.727. The van der Waals surface area contributed by atoms with Crippen LogP contribution in [0.25, 0.3) is 0 Å². The second kappa shape index (κ2) is 6.94. The van der Waals surface area contributed by atoms with E-state index >= 15 is 0 Å². The summed E-state index contributed by atoms with van der Waals surface area (Å²) in [7, 11) is 0. The number of nitrogens with one attached hydrogen (secondary N) is 1. The fourth-order valence-electron chi connectivity index (χ4n) is 2.56. The van der Waals surface area contributed by atoms with E-state index in [-0.39, 0.29) is 0 Å². The van der Waals surface area contributed by atoms with Crippen LogP contribution in [0.15, 0.2) is 24.3 Å². The first-order chi connectivity index (χ1) is 8.78. The van der Waals surface area contributed by atoms with E-state index < -0.39 is 0 Å². The monoisotopic (exact) mass is 245 g/mol. The molecule has 18 heavy (non-hydrogen) atoms. The number of unbranched alkanes of at least 4 members (excludes halogenated alkanes) is 1. The van der Waals surface area contributed by atoms with Gasteiger partial charge in [0.1, 0.15) is 0 Å². The Kier molecular flexibility index (Phi) is 5.25. The van der Waals surface area contributed by atoms with Crippen LogP contribution in [-0.4, -0.2) is 12.6 Å². The topological polar surface area (TPSA) is 12.0 Å². The van der Waals surface area contributed by atoms with Gasteiger partial charge in [0.15, 0.2) is 0 Å². The van der Waals surface area contributed by atoms with Crippen LogP contribution in [0.1, 0.15) is 50.2 Å². The molecule has 0 spiro atoms. The van der Waals surface area contributed by atoms with Crippen LogP contribution in [-0.2, 0) is 6.42 Å². The first kappa shape index (κ1) is 13.6. The lowest BCUT2D eigenvalue weighted by atomic mass is 9.93. The molecule has 1 fully saturated rings. The summed E-state index contributed by atoms with van der Waals surface area (Å²) >= 11 is 0. The van der Waals surface area contributed by atoms with E-state index in [4.69, 9.17) is 0 Å². The second-order valence-electron chi connectivity index (χ2n) is 5.88. The van der Waals surface area contributed by atoms with Gasteiger partial charge in [0.05, 0.1) is 0 Å². The molecule has 1 aliphatic rings. The van der Waals surface area contributed by atoms with Crippen LogP contribution in [0, 0.1) is 12.8 Å². The van der Waals surface area contributed by atoms with Crippen molar-refractivity contribution in [3.8, 4) is 0 Å². The third-order valence-electron chi connectivity index (χ3n) is 3.85. The summed E-state index contributed by atoms with van der Waals surface area (Å²) in [6.45, 7) is 5.68. The van der Waals surface area contributed by atoms with E-state index in [1.165, 1.54) is 56.2 Å². The molecule has 1 aromatic rings. The number of hydrogen-bond acceptors (Lipinski definition) is 1. The molecule has 0 aliphatic heterocycles. The minimum Gasteiger partial charge on any atom is -0.314 e. The maximum absolute atomic E-state index is 3.70. The van der Waals surface area contributed by atoms with Crippen molar-refractivity contribution >= 4 is 0 Å². The van der Waals surface area contributed by atoms with E-state index in [9.17, 15) is 0 Å². The summed E-state index contributed by atoms with van der Waals surface area (Å²) in [5.74, 6) is 0.812. The Morgan fingerprint density at radius 3 is 2.83 bits per heavy atom. The fraction of sp³-hybridized carbons (Fsp3) is 0.647. The Bertz CT molecular complexity index is 354. The number of rotatable bonds is 8. The maximum Gasteiger partial charge on any atom is 0.00683 e. The van der Waals surface area contributed by atoms with Gasteiger partial charge in [-0.2, -0.15) is 0 Å². The minimum atomic E-state index is 0.812. The third kappa shape index (κ3) is 4.81. The Morgan fingerprint density at radius 2 is 2.17 bits per heavy atom. The molecule has 1 saturated carbocycles. The van der Waals surface area contributed by atoms with Gasteiger partial charge < -0.3 is 5.32 Å². The number of benzene rings is 1. The molecule has 0 saturated heterocycles. The van der Waals surface area contributed by atoms with Crippen LogP contribution in [0.5, 0.6) is 0 Å². The highest BCUT2D eigenvalue weighted by Crippen LogP contribution is 2.21. The van der Waals surface area contributed by atoms with Gasteiger partial charge >= 0.3 is 0 Å². The molecule has 1 N–H and O–H groups in total. The predicted octanol–water partition coefficient (Wildman–Crippen LogP) is 4.10. The lowest BCUT2D eigenvalue weighted by molar-refractivity contribution is 0.427. The van der Waals surface area contributed by atoms with Crippen LogP contribution in [0.4, 0.5) is 0 Å². The minimum absolute atomic E-state index is 0.812. The highest BCUT2D eigenvalue weighted by atomic mass is 14.9. The van der Waals surface area contributed by atoms with Gasteiger partial charge in [-0.25, -0.2) is 0 Å². The number of hydrogen-bond donors (Lipinski definition) is 1. The molecule has 0 bridgehead atoms. The van der Waals surface area contributed by atoms with Gasteiger partial charge in [-0.3, -0.25) is 0 Å². The average Bonchev–Trinajstić information content (AvgIpc) is 3.17. The Labute approximate surface area is 112 Å². The lowest BCUT2D eigenvalue weighted by Crippen LogP contribution is -2.26. The van der Waals surface area contributed by atoms with Crippen LogP contribution < -0.4 is 5.32 Å². The Hall–Kier alpha value is -0.820. The van der Waals surface area contributed by atoms with Gasteiger partial charge in [0.25, 0.3) is 0 Å². The lowest BCUT2D eigenvalue weighted by Gasteiger charge is -2.17. The molecule has 0 heterocycles. The molecule has 1 heteroatoms. The van der Waals surface area contributed by atoms with Crippen molar-refractivity contribution in [3.63, 3.8) is 0 Å². The molecule has 1 atom stereocenters. The van der Waals surface area contributed by atoms with Gasteiger partial charge in [-0.1, -0.05) is 49.6 Å². The normalized spacial score (nSPS) is 16.8. The summed E-state index contributed by atoms with van der Waals surface area (Å²) in [6.07, 6.45) is 8.07. The molecule has 100 valence electrons.